The van der Waals surface area contributed by atoms with Crippen molar-refractivity contribution >= 4 is 39.7 Å². The van der Waals surface area contributed by atoms with Crippen LogP contribution in [0.2, 0.25) is 5.02 Å². The van der Waals surface area contributed by atoms with E-state index in [1.54, 1.807) is 6.92 Å². The predicted octanol–water partition coefficient (Wildman–Crippen LogP) is 3.91. The molecule has 0 radical (unpaired) electrons. The number of nitrogens with zero attached hydrogens (tertiary/aromatic N) is 1. The standard InChI is InChI=1S/C12H9ClF2N2O2S/c1-5-9(11(18)19-2)16-12(20-5)17-10-7(13)3-6(14)4-8(10)15/h3-4H,1-2H3,(H,16,17). The second-order valence-corrected chi connectivity index (χ2v) is 5.40. The summed E-state index contributed by atoms with van der Waals surface area (Å²) >= 11 is 6.90. The van der Waals surface area contributed by atoms with Gasteiger partial charge in [0.1, 0.15) is 5.82 Å². The predicted molar refractivity (Wildman–Crippen MR) is 72.8 cm³/mol. The summed E-state index contributed by atoms with van der Waals surface area (Å²) in [4.78, 5) is 16.0. The molecule has 106 valence electrons. The van der Waals surface area contributed by atoms with Gasteiger partial charge < -0.3 is 10.1 Å². The number of benzene rings is 1. The number of rotatable bonds is 3. The average molecular weight is 319 g/mol. The van der Waals surface area contributed by atoms with Crippen molar-refractivity contribution in [1.29, 1.82) is 0 Å². The molecule has 0 amide bonds. The third-order valence-electron chi connectivity index (χ3n) is 2.41. The lowest BCUT2D eigenvalue weighted by molar-refractivity contribution is 0.0594. The van der Waals surface area contributed by atoms with Crippen LogP contribution < -0.4 is 5.32 Å². The number of anilines is 2. The van der Waals surface area contributed by atoms with Gasteiger partial charge in [-0.15, -0.1) is 11.3 Å². The lowest BCUT2D eigenvalue weighted by atomic mass is 10.3. The highest BCUT2D eigenvalue weighted by molar-refractivity contribution is 7.15. The molecule has 0 spiro atoms. The Morgan fingerprint density at radius 1 is 1.45 bits per heavy atom. The third kappa shape index (κ3) is 2.88. The van der Waals surface area contributed by atoms with Gasteiger partial charge in [-0.1, -0.05) is 11.6 Å². The zero-order chi connectivity index (χ0) is 14.9. The van der Waals surface area contributed by atoms with Crippen LogP contribution in [0.25, 0.3) is 0 Å². The molecule has 0 bridgehead atoms. The number of ether oxygens (including phenoxy) is 1. The van der Waals surface area contributed by atoms with Crippen LogP contribution in [0.5, 0.6) is 0 Å². The fraction of sp³-hybridized carbons (Fsp3) is 0.167. The maximum Gasteiger partial charge on any atom is 0.357 e. The Hall–Kier alpha value is -1.73. The Labute approximate surface area is 122 Å². The average Bonchev–Trinajstić information content (AvgIpc) is 2.74. The largest absolute Gasteiger partial charge is 0.464 e. The van der Waals surface area contributed by atoms with Crippen LogP contribution in [-0.4, -0.2) is 18.1 Å². The highest BCUT2D eigenvalue weighted by Crippen LogP contribution is 2.32. The molecule has 20 heavy (non-hydrogen) atoms. The van der Waals surface area contributed by atoms with Gasteiger partial charge in [0, 0.05) is 10.9 Å². The number of hydrogen-bond acceptors (Lipinski definition) is 5. The summed E-state index contributed by atoms with van der Waals surface area (Å²) in [5, 5.41) is 2.78. The summed E-state index contributed by atoms with van der Waals surface area (Å²) in [6, 6.07) is 1.69. The first-order chi connectivity index (χ1) is 9.42. The highest BCUT2D eigenvalue weighted by atomic mass is 35.5. The molecule has 0 saturated carbocycles. The number of aryl methyl sites for hydroxylation is 1. The molecule has 4 nitrogen and oxygen atoms in total. The van der Waals surface area contributed by atoms with Crippen molar-refractivity contribution in [2.75, 3.05) is 12.4 Å². The summed E-state index contributed by atoms with van der Waals surface area (Å²) in [5.74, 6) is -2.21. The summed E-state index contributed by atoms with van der Waals surface area (Å²) in [5.41, 5.74) is 0.0388. The number of methoxy groups -OCH3 is 1. The van der Waals surface area contributed by atoms with Crippen LogP contribution in [-0.2, 0) is 4.74 Å². The molecular weight excluding hydrogens is 310 g/mol. The first-order valence-corrected chi connectivity index (χ1v) is 6.59. The molecule has 0 unspecified atom stereocenters. The molecule has 1 aromatic heterocycles. The van der Waals surface area contributed by atoms with Gasteiger partial charge in [-0.3, -0.25) is 0 Å². The lowest BCUT2D eigenvalue weighted by Crippen LogP contribution is -2.03. The van der Waals surface area contributed by atoms with E-state index in [9.17, 15) is 13.6 Å². The van der Waals surface area contributed by atoms with E-state index in [1.165, 1.54) is 7.11 Å². The second-order valence-electron chi connectivity index (χ2n) is 3.78. The topological polar surface area (TPSA) is 51.2 Å². The van der Waals surface area contributed by atoms with Crippen molar-refractivity contribution in [1.82, 2.24) is 4.98 Å². The van der Waals surface area contributed by atoms with E-state index in [4.69, 9.17) is 11.6 Å². The van der Waals surface area contributed by atoms with E-state index in [0.29, 0.717) is 10.9 Å². The zero-order valence-electron chi connectivity index (χ0n) is 10.5. The monoisotopic (exact) mass is 318 g/mol. The Bertz CT molecular complexity index is 652. The highest BCUT2D eigenvalue weighted by Gasteiger charge is 2.18. The molecule has 0 saturated heterocycles. The number of nitrogens with one attached hydrogen (secondary N) is 1. The maximum atomic E-state index is 13.6. The number of carbonyl (C=O) groups excluding carboxylic acids is 1. The molecule has 0 aliphatic carbocycles. The summed E-state index contributed by atoms with van der Waals surface area (Å²) in [7, 11) is 1.24. The number of hydrogen-bond donors (Lipinski definition) is 1. The number of halogens is 3. The fourth-order valence-electron chi connectivity index (χ4n) is 1.50. The number of esters is 1. The molecule has 1 heterocycles. The van der Waals surface area contributed by atoms with E-state index in [2.05, 4.69) is 15.0 Å². The number of thiazole rings is 1. The smallest absolute Gasteiger partial charge is 0.357 e. The van der Waals surface area contributed by atoms with E-state index < -0.39 is 17.6 Å². The quantitative estimate of drug-likeness (QED) is 0.872. The van der Waals surface area contributed by atoms with Crippen LogP contribution in [0, 0.1) is 18.6 Å². The molecule has 1 N–H and O–H groups in total. The molecular formula is C12H9ClF2N2O2S. The second kappa shape index (κ2) is 5.72. The van der Waals surface area contributed by atoms with E-state index in [0.717, 1.165) is 17.4 Å². The maximum absolute atomic E-state index is 13.6. The van der Waals surface area contributed by atoms with Crippen LogP contribution in [0.3, 0.4) is 0 Å². The molecule has 1 aromatic carbocycles. The molecule has 0 fully saturated rings. The number of carbonyl (C=O) groups is 1. The van der Waals surface area contributed by atoms with E-state index >= 15 is 0 Å². The van der Waals surface area contributed by atoms with Crippen LogP contribution in [0.1, 0.15) is 15.4 Å². The summed E-state index contributed by atoms with van der Waals surface area (Å²) < 4.78 is 31.1. The van der Waals surface area contributed by atoms with Gasteiger partial charge in [0.25, 0.3) is 0 Å². The number of aromatic nitrogens is 1. The van der Waals surface area contributed by atoms with Crippen LogP contribution >= 0.6 is 22.9 Å². The van der Waals surface area contributed by atoms with Gasteiger partial charge in [0.2, 0.25) is 0 Å². The summed E-state index contributed by atoms with van der Waals surface area (Å²) in [6.07, 6.45) is 0. The first kappa shape index (κ1) is 14.7. The van der Waals surface area contributed by atoms with Gasteiger partial charge in [-0.25, -0.2) is 18.6 Å². The molecule has 2 rings (SSSR count). The Kier molecular flexibility index (Phi) is 4.20. The minimum atomic E-state index is -0.845. The summed E-state index contributed by atoms with van der Waals surface area (Å²) in [6.45, 7) is 1.68. The molecule has 8 heteroatoms. The fourth-order valence-corrected chi connectivity index (χ4v) is 2.55. The van der Waals surface area contributed by atoms with Gasteiger partial charge >= 0.3 is 5.97 Å². The molecule has 0 aliphatic rings. The van der Waals surface area contributed by atoms with Crippen LogP contribution in [0.4, 0.5) is 19.6 Å². The lowest BCUT2D eigenvalue weighted by Gasteiger charge is -2.06. The molecule has 0 atom stereocenters. The van der Waals surface area contributed by atoms with Crippen molar-refractivity contribution in [2.45, 2.75) is 6.92 Å². The first-order valence-electron chi connectivity index (χ1n) is 5.39. The van der Waals surface area contributed by atoms with Crippen molar-refractivity contribution < 1.29 is 18.3 Å². The molecule has 0 aliphatic heterocycles. The van der Waals surface area contributed by atoms with Gasteiger partial charge in [-0.05, 0) is 13.0 Å². The van der Waals surface area contributed by atoms with Crippen LogP contribution in [0.15, 0.2) is 12.1 Å². The Morgan fingerprint density at radius 3 is 2.75 bits per heavy atom. The van der Waals surface area contributed by atoms with Crippen molar-refractivity contribution in [3.8, 4) is 0 Å². The minimum absolute atomic E-state index is 0.0989. The molecule has 2 aromatic rings. The SMILES string of the molecule is COC(=O)c1nc(Nc2c(F)cc(F)cc2Cl)sc1C. The van der Waals surface area contributed by atoms with Gasteiger partial charge in [0.05, 0.1) is 17.8 Å². The van der Waals surface area contributed by atoms with E-state index in [1.807, 2.05) is 0 Å². The van der Waals surface area contributed by atoms with E-state index in [-0.39, 0.29) is 21.5 Å². The zero-order valence-corrected chi connectivity index (χ0v) is 12.0. The van der Waals surface area contributed by atoms with Crippen molar-refractivity contribution in [3.63, 3.8) is 0 Å². The third-order valence-corrected chi connectivity index (χ3v) is 3.60. The normalized spacial score (nSPS) is 10.4. The minimum Gasteiger partial charge on any atom is -0.464 e. The Morgan fingerprint density at radius 2 is 2.15 bits per heavy atom. The Balaban J connectivity index is 2.34. The van der Waals surface area contributed by atoms with Gasteiger partial charge in [0.15, 0.2) is 16.6 Å². The van der Waals surface area contributed by atoms with Crippen molar-refractivity contribution in [2.24, 2.45) is 0 Å². The van der Waals surface area contributed by atoms with Gasteiger partial charge in [-0.2, -0.15) is 0 Å². The van der Waals surface area contributed by atoms with Crippen molar-refractivity contribution in [3.05, 3.63) is 39.4 Å².